The van der Waals surface area contributed by atoms with Crippen LogP contribution < -0.4 is 11.1 Å². The van der Waals surface area contributed by atoms with Gasteiger partial charge >= 0.3 is 0 Å². The molecule has 1 heterocycles. The topological polar surface area (TPSA) is 68.0 Å². The Hall–Kier alpha value is -0.940. The van der Waals surface area contributed by atoms with Crippen molar-refractivity contribution >= 4 is 17.2 Å². The van der Waals surface area contributed by atoms with E-state index in [9.17, 15) is 4.79 Å². The second kappa shape index (κ2) is 6.60. The molecule has 16 heavy (non-hydrogen) atoms. The minimum Gasteiger partial charge on any atom is -0.354 e. The highest BCUT2D eigenvalue weighted by molar-refractivity contribution is 7.09. The predicted octanol–water partition coefficient (Wildman–Crippen LogP) is 1.18. The number of nitrogens with one attached hydrogen (secondary N) is 1. The Morgan fingerprint density at radius 2 is 2.38 bits per heavy atom. The Bertz CT molecular complexity index is 311. The number of rotatable bonds is 6. The van der Waals surface area contributed by atoms with Crippen LogP contribution in [-0.2, 0) is 11.2 Å². The van der Waals surface area contributed by atoms with Gasteiger partial charge in [0.25, 0.3) is 0 Å². The van der Waals surface area contributed by atoms with Crippen molar-refractivity contribution in [2.75, 3.05) is 6.54 Å². The first-order chi connectivity index (χ1) is 7.59. The first kappa shape index (κ1) is 13.1. The molecule has 0 aliphatic carbocycles. The van der Waals surface area contributed by atoms with E-state index in [1.54, 1.807) is 17.5 Å². The molecule has 0 unspecified atom stereocenters. The van der Waals surface area contributed by atoms with Crippen molar-refractivity contribution in [3.05, 3.63) is 16.6 Å². The lowest BCUT2D eigenvalue weighted by atomic mass is 10.0. The van der Waals surface area contributed by atoms with Crippen LogP contribution >= 0.6 is 11.3 Å². The van der Waals surface area contributed by atoms with Gasteiger partial charge in [0.1, 0.15) is 0 Å². The fourth-order valence-electron chi connectivity index (χ4n) is 1.42. The third kappa shape index (κ3) is 4.72. The summed E-state index contributed by atoms with van der Waals surface area (Å²) in [5.41, 5.74) is 5.75. The van der Waals surface area contributed by atoms with Crippen molar-refractivity contribution < 1.29 is 4.79 Å². The smallest absolute Gasteiger partial charge is 0.236 e. The van der Waals surface area contributed by atoms with Crippen molar-refractivity contribution in [1.29, 1.82) is 0 Å². The SMILES string of the molecule is CC(C)C[C@@H](N)C(=O)NCCc1nccs1. The summed E-state index contributed by atoms with van der Waals surface area (Å²) >= 11 is 1.60. The molecule has 0 saturated heterocycles. The number of hydrogen-bond acceptors (Lipinski definition) is 4. The molecule has 0 fully saturated rings. The Morgan fingerprint density at radius 3 is 2.94 bits per heavy atom. The van der Waals surface area contributed by atoms with E-state index in [-0.39, 0.29) is 5.91 Å². The molecule has 5 heteroatoms. The molecule has 0 bridgehead atoms. The standard InChI is InChI=1S/C11H19N3OS/c1-8(2)7-9(12)11(15)14-4-3-10-13-5-6-16-10/h5-6,8-9H,3-4,7,12H2,1-2H3,(H,14,15)/t9-/m1/s1. The molecule has 1 amide bonds. The highest BCUT2D eigenvalue weighted by Crippen LogP contribution is 2.04. The molecule has 0 spiro atoms. The van der Waals surface area contributed by atoms with Gasteiger partial charge in [-0.3, -0.25) is 4.79 Å². The van der Waals surface area contributed by atoms with Crippen LogP contribution in [0.15, 0.2) is 11.6 Å². The summed E-state index contributed by atoms with van der Waals surface area (Å²) in [6.45, 7) is 4.73. The van der Waals surface area contributed by atoms with Gasteiger partial charge in [-0.15, -0.1) is 11.3 Å². The number of hydrogen-bond donors (Lipinski definition) is 2. The lowest BCUT2D eigenvalue weighted by Crippen LogP contribution is -2.42. The zero-order valence-corrected chi connectivity index (χ0v) is 10.6. The molecular formula is C11H19N3OS. The van der Waals surface area contributed by atoms with Crippen LogP contribution in [0.1, 0.15) is 25.3 Å². The van der Waals surface area contributed by atoms with Gasteiger partial charge in [0.2, 0.25) is 5.91 Å². The molecule has 4 nitrogen and oxygen atoms in total. The Balaban J connectivity index is 2.19. The summed E-state index contributed by atoms with van der Waals surface area (Å²) in [5.74, 6) is 0.380. The number of nitrogens with zero attached hydrogens (tertiary/aromatic N) is 1. The van der Waals surface area contributed by atoms with Crippen molar-refractivity contribution in [3.8, 4) is 0 Å². The molecule has 1 rings (SSSR count). The number of thiazole rings is 1. The van der Waals surface area contributed by atoms with Crippen LogP contribution in [0.2, 0.25) is 0 Å². The number of aromatic nitrogens is 1. The van der Waals surface area contributed by atoms with Gasteiger partial charge in [0.15, 0.2) is 0 Å². The van der Waals surface area contributed by atoms with Crippen LogP contribution in [0.3, 0.4) is 0 Å². The summed E-state index contributed by atoms with van der Waals surface area (Å²) in [5, 5.41) is 5.80. The third-order valence-corrected chi connectivity index (χ3v) is 3.02. The largest absolute Gasteiger partial charge is 0.354 e. The number of carbonyl (C=O) groups excluding carboxylic acids is 1. The second-order valence-corrected chi connectivity index (χ2v) is 5.18. The average molecular weight is 241 g/mol. The molecular weight excluding hydrogens is 222 g/mol. The van der Waals surface area contributed by atoms with Gasteiger partial charge in [-0.2, -0.15) is 0 Å². The van der Waals surface area contributed by atoms with Crippen molar-refractivity contribution in [3.63, 3.8) is 0 Å². The van der Waals surface area contributed by atoms with E-state index in [2.05, 4.69) is 24.1 Å². The molecule has 0 aliphatic rings. The van der Waals surface area contributed by atoms with Crippen LogP contribution in [0.25, 0.3) is 0 Å². The van der Waals surface area contributed by atoms with E-state index in [4.69, 9.17) is 5.73 Å². The van der Waals surface area contributed by atoms with E-state index in [1.165, 1.54) is 0 Å². The quantitative estimate of drug-likeness (QED) is 0.785. The molecule has 0 radical (unpaired) electrons. The van der Waals surface area contributed by atoms with E-state index < -0.39 is 6.04 Å². The molecule has 1 aromatic heterocycles. The monoisotopic (exact) mass is 241 g/mol. The lowest BCUT2D eigenvalue weighted by molar-refractivity contribution is -0.122. The number of amides is 1. The summed E-state index contributed by atoms with van der Waals surface area (Å²) in [6.07, 6.45) is 3.27. The first-order valence-electron chi connectivity index (χ1n) is 5.51. The molecule has 0 saturated carbocycles. The first-order valence-corrected chi connectivity index (χ1v) is 6.39. The van der Waals surface area contributed by atoms with Gasteiger partial charge in [0.05, 0.1) is 11.0 Å². The molecule has 3 N–H and O–H groups in total. The van der Waals surface area contributed by atoms with Gasteiger partial charge in [-0.1, -0.05) is 13.8 Å². The fourth-order valence-corrected chi connectivity index (χ4v) is 2.04. The van der Waals surface area contributed by atoms with Crippen molar-refractivity contribution in [1.82, 2.24) is 10.3 Å². The highest BCUT2D eigenvalue weighted by Gasteiger charge is 2.14. The van der Waals surface area contributed by atoms with E-state index in [0.29, 0.717) is 12.5 Å². The van der Waals surface area contributed by atoms with Crippen LogP contribution in [0.4, 0.5) is 0 Å². The Kier molecular flexibility index (Phi) is 5.42. The molecule has 1 atom stereocenters. The van der Waals surface area contributed by atoms with Crippen molar-refractivity contribution in [2.24, 2.45) is 11.7 Å². The van der Waals surface area contributed by atoms with E-state index in [1.807, 2.05) is 5.38 Å². The lowest BCUT2D eigenvalue weighted by Gasteiger charge is -2.13. The third-order valence-electron chi connectivity index (χ3n) is 2.18. The zero-order chi connectivity index (χ0) is 12.0. The minimum absolute atomic E-state index is 0.0646. The van der Waals surface area contributed by atoms with Gasteiger partial charge in [0, 0.05) is 24.5 Å². The number of carbonyl (C=O) groups is 1. The van der Waals surface area contributed by atoms with Crippen LogP contribution in [0, 0.1) is 5.92 Å². The molecule has 0 aromatic carbocycles. The number of nitrogens with two attached hydrogens (primary N) is 1. The van der Waals surface area contributed by atoms with Gasteiger partial charge < -0.3 is 11.1 Å². The second-order valence-electron chi connectivity index (χ2n) is 4.20. The van der Waals surface area contributed by atoms with Crippen molar-refractivity contribution in [2.45, 2.75) is 32.7 Å². The van der Waals surface area contributed by atoms with E-state index >= 15 is 0 Å². The predicted molar refractivity (Wildman–Crippen MR) is 66.3 cm³/mol. The zero-order valence-electron chi connectivity index (χ0n) is 9.77. The van der Waals surface area contributed by atoms with Crippen LogP contribution in [0.5, 0.6) is 0 Å². The highest BCUT2D eigenvalue weighted by atomic mass is 32.1. The van der Waals surface area contributed by atoms with Gasteiger partial charge in [-0.05, 0) is 12.3 Å². The molecule has 0 aliphatic heterocycles. The summed E-state index contributed by atoms with van der Waals surface area (Å²) in [7, 11) is 0. The minimum atomic E-state index is -0.392. The maximum Gasteiger partial charge on any atom is 0.236 e. The molecule has 90 valence electrons. The van der Waals surface area contributed by atoms with Gasteiger partial charge in [-0.25, -0.2) is 4.98 Å². The maximum atomic E-state index is 11.6. The summed E-state index contributed by atoms with van der Waals surface area (Å²) < 4.78 is 0. The fraction of sp³-hybridized carbons (Fsp3) is 0.636. The summed E-state index contributed by atoms with van der Waals surface area (Å²) in [4.78, 5) is 15.7. The molecule has 1 aromatic rings. The average Bonchev–Trinajstić information content (AvgIpc) is 2.69. The Labute approximate surface area is 100 Å². The van der Waals surface area contributed by atoms with Crippen LogP contribution in [-0.4, -0.2) is 23.5 Å². The summed E-state index contributed by atoms with van der Waals surface area (Å²) in [6, 6.07) is -0.392. The Morgan fingerprint density at radius 1 is 1.62 bits per heavy atom. The normalized spacial score (nSPS) is 12.8. The maximum absolute atomic E-state index is 11.6. The van der Waals surface area contributed by atoms with E-state index in [0.717, 1.165) is 17.8 Å².